The maximum absolute atomic E-state index is 12.9. The largest absolute Gasteiger partial charge is 0.493 e. The summed E-state index contributed by atoms with van der Waals surface area (Å²) in [7, 11) is 3.14. The Labute approximate surface area is 159 Å². The van der Waals surface area contributed by atoms with Crippen LogP contribution in [0.15, 0.2) is 18.2 Å². The molecule has 7 nitrogen and oxygen atoms in total. The number of rotatable bonds is 4. The van der Waals surface area contributed by atoms with Crippen LogP contribution in [0.25, 0.3) is 0 Å². The SMILES string of the molecule is COc1ccc(N2CC(C(=O)N3CCC4(CC3)COC4)CC2=O)cc1OC. The van der Waals surface area contributed by atoms with Crippen LogP contribution < -0.4 is 14.4 Å². The van der Waals surface area contributed by atoms with E-state index in [4.69, 9.17) is 14.2 Å². The Hall–Kier alpha value is -2.28. The maximum atomic E-state index is 12.9. The van der Waals surface area contributed by atoms with Crippen LogP contribution in [0.3, 0.4) is 0 Å². The molecule has 1 unspecified atom stereocenters. The topological polar surface area (TPSA) is 68.3 Å². The number of hydrogen-bond acceptors (Lipinski definition) is 5. The van der Waals surface area contributed by atoms with Gasteiger partial charge < -0.3 is 24.0 Å². The second kappa shape index (κ2) is 7.03. The lowest BCUT2D eigenvalue weighted by Crippen LogP contribution is -2.53. The van der Waals surface area contributed by atoms with Gasteiger partial charge in [-0.15, -0.1) is 0 Å². The van der Waals surface area contributed by atoms with Crippen molar-refractivity contribution in [2.24, 2.45) is 11.3 Å². The Morgan fingerprint density at radius 2 is 1.85 bits per heavy atom. The summed E-state index contributed by atoms with van der Waals surface area (Å²) in [6.45, 7) is 3.60. The summed E-state index contributed by atoms with van der Waals surface area (Å²) in [5, 5.41) is 0. The van der Waals surface area contributed by atoms with Gasteiger partial charge in [-0.3, -0.25) is 9.59 Å². The van der Waals surface area contributed by atoms with Crippen molar-refractivity contribution in [3.63, 3.8) is 0 Å². The molecular weight excluding hydrogens is 348 g/mol. The number of methoxy groups -OCH3 is 2. The molecule has 0 aromatic heterocycles. The zero-order valence-electron chi connectivity index (χ0n) is 15.9. The van der Waals surface area contributed by atoms with E-state index in [-0.39, 0.29) is 24.2 Å². The number of amides is 2. The average molecular weight is 374 g/mol. The van der Waals surface area contributed by atoms with E-state index in [0.717, 1.165) is 44.8 Å². The Kier molecular flexibility index (Phi) is 4.72. The highest BCUT2D eigenvalue weighted by atomic mass is 16.5. The van der Waals surface area contributed by atoms with Gasteiger partial charge in [0.2, 0.25) is 11.8 Å². The third kappa shape index (κ3) is 3.25. The van der Waals surface area contributed by atoms with E-state index >= 15 is 0 Å². The first kappa shape index (κ1) is 18.1. The highest BCUT2D eigenvalue weighted by Crippen LogP contribution is 2.39. The van der Waals surface area contributed by atoms with Crippen LogP contribution in [-0.4, -0.2) is 63.8 Å². The summed E-state index contributed by atoms with van der Waals surface area (Å²) in [4.78, 5) is 29.1. The van der Waals surface area contributed by atoms with Gasteiger partial charge in [-0.1, -0.05) is 0 Å². The molecule has 4 rings (SSSR count). The molecule has 2 amide bonds. The predicted molar refractivity (Wildman–Crippen MR) is 99.1 cm³/mol. The molecule has 3 saturated heterocycles. The zero-order chi connectivity index (χ0) is 19.0. The van der Waals surface area contributed by atoms with E-state index in [1.807, 2.05) is 11.0 Å². The molecule has 7 heteroatoms. The van der Waals surface area contributed by atoms with Crippen LogP contribution in [0.1, 0.15) is 19.3 Å². The van der Waals surface area contributed by atoms with Crippen molar-refractivity contribution in [2.45, 2.75) is 19.3 Å². The number of carbonyl (C=O) groups excluding carboxylic acids is 2. The van der Waals surface area contributed by atoms with Gasteiger partial charge in [0, 0.05) is 43.2 Å². The molecule has 3 aliphatic heterocycles. The predicted octanol–water partition coefficient (Wildman–Crippen LogP) is 1.70. The Morgan fingerprint density at radius 1 is 1.15 bits per heavy atom. The van der Waals surface area contributed by atoms with E-state index in [1.54, 1.807) is 31.3 Å². The first-order valence-corrected chi connectivity index (χ1v) is 9.44. The molecule has 1 aromatic rings. The van der Waals surface area contributed by atoms with Crippen molar-refractivity contribution >= 4 is 17.5 Å². The summed E-state index contributed by atoms with van der Waals surface area (Å²) in [5.74, 6) is 0.976. The molecule has 0 saturated carbocycles. The first-order valence-electron chi connectivity index (χ1n) is 9.44. The van der Waals surface area contributed by atoms with Crippen LogP contribution in [-0.2, 0) is 14.3 Å². The van der Waals surface area contributed by atoms with Crippen molar-refractivity contribution in [3.8, 4) is 11.5 Å². The highest BCUT2D eigenvalue weighted by molar-refractivity contribution is 6.00. The van der Waals surface area contributed by atoms with Crippen molar-refractivity contribution in [1.82, 2.24) is 4.90 Å². The van der Waals surface area contributed by atoms with Gasteiger partial charge in [-0.05, 0) is 25.0 Å². The molecule has 0 N–H and O–H groups in total. The van der Waals surface area contributed by atoms with Gasteiger partial charge >= 0.3 is 0 Å². The minimum Gasteiger partial charge on any atom is -0.493 e. The van der Waals surface area contributed by atoms with Gasteiger partial charge in [0.05, 0.1) is 33.4 Å². The number of piperidine rings is 1. The fourth-order valence-corrected chi connectivity index (χ4v) is 4.25. The second-order valence-corrected chi connectivity index (χ2v) is 7.76. The van der Waals surface area contributed by atoms with Crippen molar-refractivity contribution in [1.29, 1.82) is 0 Å². The summed E-state index contributed by atoms with van der Waals surface area (Å²) in [6, 6.07) is 5.39. The van der Waals surface area contributed by atoms with Gasteiger partial charge in [0.1, 0.15) is 0 Å². The van der Waals surface area contributed by atoms with Gasteiger partial charge in [0.15, 0.2) is 11.5 Å². The molecule has 146 valence electrons. The molecule has 27 heavy (non-hydrogen) atoms. The molecule has 3 heterocycles. The molecule has 1 aromatic carbocycles. The van der Waals surface area contributed by atoms with Crippen molar-refractivity contribution in [3.05, 3.63) is 18.2 Å². The second-order valence-electron chi connectivity index (χ2n) is 7.76. The third-order valence-corrected chi connectivity index (χ3v) is 6.11. The van der Waals surface area contributed by atoms with Crippen molar-refractivity contribution < 1.29 is 23.8 Å². The number of benzene rings is 1. The minimum atomic E-state index is -0.280. The number of likely N-dealkylation sites (tertiary alicyclic amines) is 1. The van der Waals surface area contributed by atoms with Crippen LogP contribution in [0, 0.1) is 11.3 Å². The summed E-state index contributed by atoms with van der Waals surface area (Å²) >= 11 is 0. The molecule has 0 bridgehead atoms. The van der Waals surface area contributed by atoms with E-state index in [9.17, 15) is 9.59 Å². The van der Waals surface area contributed by atoms with E-state index in [2.05, 4.69) is 0 Å². The highest BCUT2D eigenvalue weighted by Gasteiger charge is 2.44. The summed E-state index contributed by atoms with van der Waals surface area (Å²) in [5.41, 5.74) is 1.03. The van der Waals surface area contributed by atoms with E-state index < -0.39 is 0 Å². The van der Waals surface area contributed by atoms with Crippen molar-refractivity contribution in [2.75, 3.05) is 52.0 Å². The minimum absolute atomic E-state index is 0.0264. The fraction of sp³-hybridized carbons (Fsp3) is 0.600. The molecule has 0 aliphatic carbocycles. The smallest absolute Gasteiger partial charge is 0.228 e. The van der Waals surface area contributed by atoms with Crippen LogP contribution >= 0.6 is 0 Å². The lowest BCUT2D eigenvalue weighted by atomic mass is 9.76. The molecular formula is C20H26N2O5. The number of carbonyl (C=O) groups is 2. The van der Waals surface area contributed by atoms with Gasteiger partial charge in [-0.2, -0.15) is 0 Å². The number of hydrogen-bond donors (Lipinski definition) is 0. The molecule has 0 radical (unpaired) electrons. The average Bonchev–Trinajstić information content (AvgIpc) is 3.07. The van der Waals surface area contributed by atoms with E-state index in [0.29, 0.717) is 23.5 Å². The molecule has 3 aliphatic rings. The van der Waals surface area contributed by atoms with Crippen LogP contribution in [0.5, 0.6) is 11.5 Å². The maximum Gasteiger partial charge on any atom is 0.228 e. The Balaban J connectivity index is 1.42. The van der Waals surface area contributed by atoms with E-state index in [1.165, 1.54) is 0 Å². The summed E-state index contributed by atoms with van der Waals surface area (Å²) < 4.78 is 15.9. The van der Waals surface area contributed by atoms with Gasteiger partial charge in [0.25, 0.3) is 0 Å². The Bertz CT molecular complexity index is 736. The molecule has 1 atom stereocenters. The van der Waals surface area contributed by atoms with Crippen LogP contribution in [0.2, 0.25) is 0 Å². The number of nitrogens with zero attached hydrogens (tertiary/aromatic N) is 2. The third-order valence-electron chi connectivity index (χ3n) is 6.11. The lowest BCUT2D eigenvalue weighted by molar-refractivity contribution is -0.155. The monoisotopic (exact) mass is 374 g/mol. The first-order chi connectivity index (χ1) is 13.0. The molecule has 1 spiro atoms. The Morgan fingerprint density at radius 3 is 2.44 bits per heavy atom. The fourth-order valence-electron chi connectivity index (χ4n) is 4.25. The number of ether oxygens (including phenoxy) is 3. The molecule has 3 fully saturated rings. The zero-order valence-corrected chi connectivity index (χ0v) is 15.9. The summed E-state index contributed by atoms with van der Waals surface area (Å²) in [6.07, 6.45) is 2.26. The van der Waals surface area contributed by atoms with Crippen LogP contribution in [0.4, 0.5) is 5.69 Å². The van der Waals surface area contributed by atoms with Gasteiger partial charge in [-0.25, -0.2) is 0 Å². The normalized spacial score (nSPS) is 24.1. The lowest BCUT2D eigenvalue weighted by Gasteiger charge is -2.47. The quantitative estimate of drug-likeness (QED) is 0.802. The standard InChI is InChI=1S/C20H26N2O5/c1-25-16-4-3-15(10-17(16)26-2)22-11-14(9-18(22)23)19(24)21-7-5-20(6-8-21)12-27-13-20/h3-4,10,14H,5-9,11-13H2,1-2H3. The number of anilines is 1.